The van der Waals surface area contributed by atoms with Crippen LogP contribution in [0.15, 0.2) is 18.2 Å². The second-order valence-electron chi connectivity index (χ2n) is 5.42. The van der Waals surface area contributed by atoms with Crippen LogP contribution in [0.3, 0.4) is 0 Å². The molecule has 0 atom stereocenters. The van der Waals surface area contributed by atoms with Gasteiger partial charge in [-0.1, -0.05) is 12.1 Å². The summed E-state index contributed by atoms with van der Waals surface area (Å²) in [6.07, 6.45) is 2.86. The van der Waals surface area contributed by atoms with Gasteiger partial charge in [-0.05, 0) is 30.5 Å². The molecule has 2 heterocycles. The van der Waals surface area contributed by atoms with E-state index in [2.05, 4.69) is 30.1 Å². The molecule has 4 rings (SSSR count). The maximum Gasteiger partial charge on any atom is 0.172 e. The van der Waals surface area contributed by atoms with E-state index in [4.69, 9.17) is 9.47 Å². The number of aryl methyl sites for hydroxylation is 2. The highest BCUT2D eigenvalue weighted by atomic mass is 16.7. The highest BCUT2D eigenvalue weighted by Gasteiger charge is 2.40. The number of aromatic amines is 1. The van der Waals surface area contributed by atoms with E-state index in [1.165, 1.54) is 27.7 Å². The van der Waals surface area contributed by atoms with E-state index in [9.17, 15) is 0 Å². The average Bonchev–Trinajstić information content (AvgIpc) is 2.94. The summed E-state index contributed by atoms with van der Waals surface area (Å²) < 4.78 is 11.7. The summed E-state index contributed by atoms with van der Waals surface area (Å²) in [5.74, 6) is -0.340. The van der Waals surface area contributed by atoms with Crippen LogP contribution in [0.2, 0.25) is 0 Å². The Kier molecular flexibility index (Phi) is 2.11. The average molecular weight is 243 g/mol. The number of H-pyrrole nitrogens is 1. The van der Waals surface area contributed by atoms with Gasteiger partial charge in [-0.25, -0.2) is 0 Å². The summed E-state index contributed by atoms with van der Waals surface area (Å²) in [4.78, 5) is 3.55. The second-order valence-corrected chi connectivity index (χ2v) is 5.42. The molecule has 1 aromatic carbocycles. The molecule has 3 nitrogen and oxygen atoms in total. The molecule has 1 fully saturated rings. The van der Waals surface area contributed by atoms with Gasteiger partial charge in [0.05, 0.1) is 13.2 Å². The molecule has 0 radical (unpaired) electrons. The van der Waals surface area contributed by atoms with Crippen molar-refractivity contribution in [3.05, 3.63) is 35.0 Å². The quantitative estimate of drug-likeness (QED) is 0.772. The van der Waals surface area contributed by atoms with Crippen molar-refractivity contribution in [2.45, 2.75) is 32.0 Å². The number of hydrogen-bond acceptors (Lipinski definition) is 2. The Bertz CT molecular complexity index is 608. The van der Waals surface area contributed by atoms with Gasteiger partial charge in [-0.3, -0.25) is 0 Å². The van der Waals surface area contributed by atoms with Crippen LogP contribution in [0, 0.1) is 6.92 Å². The SMILES string of the molecule is Cc1ccc2c3c([nH]c2c1)CCC1(C3)OCCO1. The van der Waals surface area contributed by atoms with Crippen molar-refractivity contribution >= 4 is 10.9 Å². The van der Waals surface area contributed by atoms with Crippen LogP contribution in [0.25, 0.3) is 10.9 Å². The van der Waals surface area contributed by atoms with Gasteiger partial charge in [-0.15, -0.1) is 0 Å². The number of ether oxygens (including phenoxy) is 2. The lowest BCUT2D eigenvalue weighted by molar-refractivity contribution is -0.163. The maximum absolute atomic E-state index is 5.84. The first-order valence-electron chi connectivity index (χ1n) is 6.64. The molecule has 0 bridgehead atoms. The number of nitrogens with one attached hydrogen (secondary N) is 1. The van der Waals surface area contributed by atoms with Gasteiger partial charge in [0.15, 0.2) is 5.79 Å². The van der Waals surface area contributed by atoms with E-state index >= 15 is 0 Å². The molecule has 1 N–H and O–H groups in total. The molecular weight excluding hydrogens is 226 g/mol. The monoisotopic (exact) mass is 243 g/mol. The number of benzene rings is 1. The highest BCUT2D eigenvalue weighted by molar-refractivity contribution is 5.85. The van der Waals surface area contributed by atoms with Crippen LogP contribution in [-0.2, 0) is 22.3 Å². The predicted molar refractivity (Wildman–Crippen MR) is 69.7 cm³/mol. The fourth-order valence-electron chi connectivity index (χ4n) is 3.26. The smallest absolute Gasteiger partial charge is 0.172 e. The van der Waals surface area contributed by atoms with E-state index in [0.29, 0.717) is 0 Å². The van der Waals surface area contributed by atoms with E-state index in [0.717, 1.165) is 32.5 Å². The minimum absolute atomic E-state index is 0.340. The zero-order valence-electron chi connectivity index (χ0n) is 10.6. The van der Waals surface area contributed by atoms with Gasteiger partial charge >= 0.3 is 0 Å². The largest absolute Gasteiger partial charge is 0.358 e. The lowest BCUT2D eigenvalue weighted by atomic mass is 9.90. The minimum atomic E-state index is -0.340. The normalized spacial score (nSPS) is 21.6. The first kappa shape index (κ1) is 10.6. The molecule has 1 aliphatic carbocycles. The molecule has 1 aromatic heterocycles. The summed E-state index contributed by atoms with van der Waals surface area (Å²) in [7, 11) is 0. The zero-order valence-corrected chi connectivity index (χ0v) is 10.6. The first-order valence-corrected chi connectivity index (χ1v) is 6.64. The van der Waals surface area contributed by atoms with Crippen LogP contribution in [0.4, 0.5) is 0 Å². The van der Waals surface area contributed by atoms with Crippen LogP contribution in [0.5, 0.6) is 0 Å². The van der Waals surface area contributed by atoms with Crippen molar-refractivity contribution in [3.63, 3.8) is 0 Å². The number of fused-ring (bicyclic) bond motifs is 3. The molecule has 2 aromatic rings. The highest BCUT2D eigenvalue weighted by Crippen LogP contribution is 2.38. The fourth-order valence-corrected chi connectivity index (χ4v) is 3.26. The molecule has 1 saturated heterocycles. The van der Waals surface area contributed by atoms with Crippen molar-refractivity contribution in [1.29, 1.82) is 0 Å². The Hall–Kier alpha value is -1.32. The van der Waals surface area contributed by atoms with Crippen molar-refractivity contribution < 1.29 is 9.47 Å². The Morgan fingerprint density at radius 2 is 2.06 bits per heavy atom. The number of rotatable bonds is 0. The number of hydrogen-bond donors (Lipinski definition) is 1. The molecule has 0 amide bonds. The molecular formula is C15H17NO2. The van der Waals surface area contributed by atoms with E-state index < -0.39 is 0 Å². The third-order valence-electron chi connectivity index (χ3n) is 4.17. The molecule has 94 valence electrons. The van der Waals surface area contributed by atoms with Gasteiger partial charge in [0.1, 0.15) is 0 Å². The summed E-state index contributed by atoms with van der Waals surface area (Å²) >= 11 is 0. The Morgan fingerprint density at radius 3 is 2.89 bits per heavy atom. The van der Waals surface area contributed by atoms with Crippen molar-refractivity contribution in [2.75, 3.05) is 13.2 Å². The van der Waals surface area contributed by atoms with Gasteiger partial charge in [-0.2, -0.15) is 0 Å². The van der Waals surface area contributed by atoms with Crippen LogP contribution < -0.4 is 0 Å². The Balaban J connectivity index is 1.84. The van der Waals surface area contributed by atoms with Crippen molar-refractivity contribution in [2.24, 2.45) is 0 Å². The van der Waals surface area contributed by atoms with Crippen LogP contribution >= 0.6 is 0 Å². The maximum atomic E-state index is 5.84. The summed E-state index contributed by atoms with van der Waals surface area (Å²) in [6, 6.07) is 6.61. The fraction of sp³-hybridized carbons (Fsp3) is 0.467. The van der Waals surface area contributed by atoms with Gasteiger partial charge in [0, 0.05) is 29.4 Å². The topological polar surface area (TPSA) is 34.2 Å². The lowest BCUT2D eigenvalue weighted by Gasteiger charge is -2.31. The molecule has 0 saturated carbocycles. The van der Waals surface area contributed by atoms with Crippen molar-refractivity contribution in [3.8, 4) is 0 Å². The molecule has 18 heavy (non-hydrogen) atoms. The second kappa shape index (κ2) is 3.59. The lowest BCUT2D eigenvalue weighted by Crippen LogP contribution is -2.36. The molecule has 1 aliphatic heterocycles. The zero-order chi connectivity index (χ0) is 12.2. The van der Waals surface area contributed by atoms with Crippen LogP contribution in [0.1, 0.15) is 23.2 Å². The van der Waals surface area contributed by atoms with Crippen molar-refractivity contribution in [1.82, 2.24) is 4.98 Å². The minimum Gasteiger partial charge on any atom is -0.358 e. The molecule has 3 heteroatoms. The Morgan fingerprint density at radius 1 is 1.22 bits per heavy atom. The summed E-state index contributed by atoms with van der Waals surface area (Å²) in [5, 5.41) is 1.33. The van der Waals surface area contributed by atoms with Gasteiger partial charge in [0.2, 0.25) is 0 Å². The predicted octanol–water partition coefficient (Wildman–Crippen LogP) is 2.71. The Labute approximate surface area is 106 Å². The van der Waals surface area contributed by atoms with E-state index in [1.807, 2.05) is 0 Å². The molecule has 0 unspecified atom stereocenters. The van der Waals surface area contributed by atoms with E-state index in [-0.39, 0.29) is 5.79 Å². The van der Waals surface area contributed by atoms with Gasteiger partial charge in [0.25, 0.3) is 0 Å². The van der Waals surface area contributed by atoms with Gasteiger partial charge < -0.3 is 14.5 Å². The summed E-state index contributed by atoms with van der Waals surface area (Å²) in [5.41, 5.74) is 5.29. The third-order valence-corrected chi connectivity index (χ3v) is 4.17. The number of aromatic nitrogens is 1. The third kappa shape index (κ3) is 1.44. The summed E-state index contributed by atoms with van der Waals surface area (Å²) in [6.45, 7) is 3.59. The molecule has 2 aliphatic rings. The van der Waals surface area contributed by atoms with Crippen LogP contribution in [-0.4, -0.2) is 24.0 Å². The van der Waals surface area contributed by atoms with E-state index in [1.54, 1.807) is 0 Å². The first-order chi connectivity index (χ1) is 8.76. The standard InChI is InChI=1S/C15H17NO2/c1-10-2-3-11-12-9-15(17-6-7-18-15)5-4-13(12)16-14(11)8-10/h2-3,8,16H,4-7,9H2,1H3. The molecule has 1 spiro atoms.